The van der Waals surface area contributed by atoms with Gasteiger partial charge in [-0.05, 0) is 55.8 Å². The van der Waals surface area contributed by atoms with Gasteiger partial charge in [0.05, 0.1) is 8.66 Å². The summed E-state index contributed by atoms with van der Waals surface area (Å²) in [5.41, 5.74) is 0. The summed E-state index contributed by atoms with van der Waals surface area (Å²) in [6.07, 6.45) is 0.601. The number of Topliss-reactive ketones (excluding diaryl/α,β-unsaturated/α-hetero) is 1. The topological polar surface area (TPSA) is 20.3 Å². The minimum absolute atomic E-state index is 0.243. The molecule has 1 heterocycles. The number of carbonyl (C=O) groups is 1. The summed E-state index contributed by atoms with van der Waals surface area (Å²) in [6, 6.07) is 4.79. The first-order valence-corrected chi connectivity index (χ1v) is 7.57. The van der Waals surface area contributed by atoms with Crippen LogP contribution in [0.2, 0.25) is 0 Å². The standard InChI is InChI=1S/C13H20BrNOS/c1-9(2)15(10(3)4)8-7-11(16)12-5-6-13(14)17-12/h5-6,9-10H,7-8H2,1-4H3. The maximum Gasteiger partial charge on any atom is 0.174 e. The molecule has 0 bridgehead atoms. The number of nitrogens with zero attached hydrogens (tertiary/aromatic N) is 1. The molecule has 4 heteroatoms. The molecule has 0 aliphatic heterocycles. The molecule has 1 aromatic rings. The average Bonchev–Trinajstić information content (AvgIpc) is 2.63. The Labute approximate surface area is 116 Å². The summed E-state index contributed by atoms with van der Waals surface area (Å²) < 4.78 is 1.02. The molecule has 0 saturated heterocycles. The van der Waals surface area contributed by atoms with Crippen molar-refractivity contribution >= 4 is 33.0 Å². The molecule has 0 atom stereocenters. The van der Waals surface area contributed by atoms with E-state index in [1.165, 1.54) is 11.3 Å². The fourth-order valence-electron chi connectivity index (χ4n) is 1.93. The molecule has 0 unspecified atom stereocenters. The summed E-state index contributed by atoms with van der Waals surface area (Å²) >= 11 is 4.90. The Morgan fingerprint density at radius 3 is 2.29 bits per heavy atom. The smallest absolute Gasteiger partial charge is 0.174 e. The summed E-state index contributed by atoms with van der Waals surface area (Å²) in [4.78, 5) is 15.2. The SMILES string of the molecule is CC(C)N(CCC(=O)c1ccc(Br)s1)C(C)C. The van der Waals surface area contributed by atoms with Gasteiger partial charge in [-0.15, -0.1) is 11.3 Å². The van der Waals surface area contributed by atoms with E-state index in [1.807, 2.05) is 12.1 Å². The molecule has 2 nitrogen and oxygen atoms in total. The minimum atomic E-state index is 0.243. The number of halogens is 1. The zero-order valence-corrected chi connectivity index (χ0v) is 13.3. The molecule has 0 aliphatic rings. The van der Waals surface area contributed by atoms with Crippen LogP contribution in [0.1, 0.15) is 43.8 Å². The van der Waals surface area contributed by atoms with Gasteiger partial charge in [0.15, 0.2) is 5.78 Å². The first-order valence-electron chi connectivity index (χ1n) is 5.96. The lowest BCUT2D eigenvalue weighted by Gasteiger charge is -2.30. The minimum Gasteiger partial charge on any atom is -0.298 e. The van der Waals surface area contributed by atoms with E-state index in [9.17, 15) is 4.79 Å². The van der Waals surface area contributed by atoms with Crippen molar-refractivity contribution in [1.29, 1.82) is 0 Å². The van der Waals surface area contributed by atoms with Gasteiger partial charge in [0.2, 0.25) is 0 Å². The summed E-state index contributed by atoms with van der Waals surface area (Å²) in [5.74, 6) is 0.243. The first-order chi connectivity index (χ1) is 7.91. The van der Waals surface area contributed by atoms with E-state index >= 15 is 0 Å². The van der Waals surface area contributed by atoms with Crippen molar-refractivity contribution in [3.8, 4) is 0 Å². The number of hydrogen-bond donors (Lipinski definition) is 0. The largest absolute Gasteiger partial charge is 0.298 e. The van der Waals surface area contributed by atoms with Crippen LogP contribution in [0, 0.1) is 0 Å². The molecule has 1 rings (SSSR count). The van der Waals surface area contributed by atoms with Crippen molar-refractivity contribution in [2.24, 2.45) is 0 Å². The van der Waals surface area contributed by atoms with E-state index in [0.29, 0.717) is 18.5 Å². The molecular weight excluding hydrogens is 298 g/mol. The van der Waals surface area contributed by atoms with Gasteiger partial charge >= 0.3 is 0 Å². The maximum absolute atomic E-state index is 12.0. The third-order valence-electron chi connectivity index (χ3n) is 2.77. The Hall–Kier alpha value is -0.190. The van der Waals surface area contributed by atoms with Crippen molar-refractivity contribution in [1.82, 2.24) is 4.90 Å². The van der Waals surface area contributed by atoms with Crippen LogP contribution in [0.25, 0.3) is 0 Å². The summed E-state index contributed by atoms with van der Waals surface area (Å²) in [5, 5.41) is 0. The monoisotopic (exact) mass is 317 g/mol. The lowest BCUT2D eigenvalue weighted by Crippen LogP contribution is -2.38. The van der Waals surface area contributed by atoms with Gasteiger partial charge in [-0.1, -0.05) is 0 Å². The molecule has 17 heavy (non-hydrogen) atoms. The Morgan fingerprint density at radius 2 is 1.88 bits per heavy atom. The molecule has 0 radical (unpaired) electrons. The van der Waals surface area contributed by atoms with Gasteiger partial charge < -0.3 is 0 Å². The van der Waals surface area contributed by atoms with E-state index in [1.54, 1.807) is 0 Å². The van der Waals surface area contributed by atoms with Crippen molar-refractivity contribution in [2.45, 2.75) is 46.2 Å². The molecule has 0 fully saturated rings. The molecule has 0 aliphatic carbocycles. The normalized spacial score (nSPS) is 11.8. The second-order valence-electron chi connectivity index (χ2n) is 4.70. The lowest BCUT2D eigenvalue weighted by atomic mass is 10.2. The zero-order valence-electron chi connectivity index (χ0n) is 10.9. The van der Waals surface area contributed by atoms with Crippen molar-refractivity contribution in [2.75, 3.05) is 6.54 Å². The highest BCUT2D eigenvalue weighted by molar-refractivity contribution is 9.11. The molecule has 0 N–H and O–H groups in total. The number of thiophene rings is 1. The van der Waals surface area contributed by atoms with Gasteiger partial charge in [0.25, 0.3) is 0 Å². The maximum atomic E-state index is 12.0. The quantitative estimate of drug-likeness (QED) is 0.733. The average molecular weight is 318 g/mol. The van der Waals surface area contributed by atoms with Crippen LogP contribution >= 0.6 is 27.3 Å². The highest BCUT2D eigenvalue weighted by Gasteiger charge is 2.16. The van der Waals surface area contributed by atoms with Gasteiger partial charge in [-0.25, -0.2) is 0 Å². The van der Waals surface area contributed by atoms with E-state index in [-0.39, 0.29) is 5.78 Å². The molecule has 0 aromatic carbocycles. The second-order valence-corrected chi connectivity index (χ2v) is 7.17. The Bertz CT molecular complexity index is 365. The lowest BCUT2D eigenvalue weighted by molar-refractivity contribution is 0.0944. The van der Waals surface area contributed by atoms with Crippen LogP contribution in [0.15, 0.2) is 15.9 Å². The third kappa shape index (κ3) is 4.53. The highest BCUT2D eigenvalue weighted by atomic mass is 79.9. The van der Waals surface area contributed by atoms with E-state index in [4.69, 9.17) is 0 Å². The summed E-state index contributed by atoms with van der Waals surface area (Å²) in [7, 11) is 0. The summed E-state index contributed by atoms with van der Waals surface area (Å²) in [6.45, 7) is 9.53. The number of hydrogen-bond acceptors (Lipinski definition) is 3. The molecule has 96 valence electrons. The Morgan fingerprint density at radius 1 is 1.29 bits per heavy atom. The van der Waals surface area contributed by atoms with Gasteiger partial charge in [0, 0.05) is 25.0 Å². The predicted octanol–water partition coefficient (Wildman–Crippen LogP) is 4.20. The van der Waals surface area contributed by atoms with Gasteiger partial charge in [0.1, 0.15) is 0 Å². The zero-order chi connectivity index (χ0) is 13.0. The van der Waals surface area contributed by atoms with E-state index < -0.39 is 0 Å². The molecule has 0 saturated carbocycles. The second kappa shape index (κ2) is 6.66. The van der Waals surface area contributed by atoms with Crippen LogP contribution in [0.4, 0.5) is 0 Å². The fourth-order valence-corrected chi connectivity index (χ4v) is 3.28. The van der Waals surface area contributed by atoms with Gasteiger partial charge in [-0.2, -0.15) is 0 Å². The van der Waals surface area contributed by atoms with Crippen LogP contribution in [-0.4, -0.2) is 29.3 Å². The predicted molar refractivity (Wildman–Crippen MR) is 77.9 cm³/mol. The van der Waals surface area contributed by atoms with Gasteiger partial charge in [-0.3, -0.25) is 9.69 Å². The van der Waals surface area contributed by atoms with E-state index in [0.717, 1.165) is 15.2 Å². The number of ketones is 1. The first kappa shape index (κ1) is 14.9. The molecule has 1 aromatic heterocycles. The number of rotatable bonds is 6. The highest BCUT2D eigenvalue weighted by Crippen LogP contribution is 2.23. The van der Waals surface area contributed by atoms with Crippen LogP contribution in [-0.2, 0) is 0 Å². The van der Waals surface area contributed by atoms with E-state index in [2.05, 4.69) is 48.5 Å². The van der Waals surface area contributed by atoms with Crippen LogP contribution in [0.5, 0.6) is 0 Å². The fraction of sp³-hybridized carbons (Fsp3) is 0.615. The molecule has 0 amide bonds. The Balaban J connectivity index is 2.52. The van der Waals surface area contributed by atoms with Crippen molar-refractivity contribution in [3.63, 3.8) is 0 Å². The number of carbonyl (C=O) groups excluding carboxylic acids is 1. The van der Waals surface area contributed by atoms with Crippen LogP contribution < -0.4 is 0 Å². The Kier molecular flexibility index (Phi) is 5.83. The third-order valence-corrected chi connectivity index (χ3v) is 4.44. The van der Waals surface area contributed by atoms with Crippen molar-refractivity contribution in [3.05, 3.63) is 20.8 Å². The molecule has 0 spiro atoms. The van der Waals surface area contributed by atoms with Crippen molar-refractivity contribution < 1.29 is 4.79 Å². The molecular formula is C13H20BrNOS. The van der Waals surface area contributed by atoms with Crippen LogP contribution in [0.3, 0.4) is 0 Å².